The number of rotatable bonds is 3. The van der Waals surface area contributed by atoms with E-state index in [1.165, 1.54) is 0 Å². The lowest BCUT2D eigenvalue weighted by Gasteiger charge is -2.24. The molecule has 2 amide bonds. The molecule has 1 aliphatic rings. The van der Waals surface area contributed by atoms with E-state index in [9.17, 15) is 19.5 Å². The molecule has 1 heterocycles. The summed E-state index contributed by atoms with van der Waals surface area (Å²) in [6.07, 6.45) is -1.79. The van der Waals surface area contributed by atoms with E-state index in [0.29, 0.717) is 10.1 Å². The zero-order valence-electron chi connectivity index (χ0n) is 11.7. The van der Waals surface area contributed by atoms with Crippen LogP contribution in [-0.4, -0.2) is 51.5 Å². The van der Waals surface area contributed by atoms with Crippen molar-refractivity contribution < 1.29 is 29.1 Å². The predicted octanol–water partition coefficient (Wildman–Crippen LogP) is -0.504. The molecule has 1 fully saturated rings. The van der Waals surface area contributed by atoms with Crippen LogP contribution in [0.4, 0.5) is 4.79 Å². The fourth-order valence-corrected chi connectivity index (χ4v) is 1.42. The van der Waals surface area contributed by atoms with Crippen LogP contribution in [0.25, 0.3) is 0 Å². The fraction of sp³-hybridized carbons (Fsp3) is 0.727. The number of aliphatic hydroxyl groups excluding tert-OH is 1. The highest BCUT2D eigenvalue weighted by Crippen LogP contribution is 2.16. The van der Waals surface area contributed by atoms with E-state index >= 15 is 0 Å². The molecule has 1 saturated heterocycles. The first-order chi connectivity index (χ1) is 9.10. The van der Waals surface area contributed by atoms with E-state index in [1.807, 2.05) is 0 Å². The van der Waals surface area contributed by atoms with Gasteiger partial charge in [0.15, 0.2) is 6.23 Å². The van der Waals surface area contributed by atoms with Gasteiger partial charge < -0.3 is 14.7 Å². The second-order valence-corrected chi connectivity index (χ2v) is 5.31. The van der Waals surface area contributed by atoms with Gasteiger partial charge in [0.1, 0.15) is 12.1 Å². The number of hydrogen-bond donors (Lipinski definition) is 2. The first kappa shape index (κ1) is 16.2. The van der Waals surface area contributed by atoms with Crippen molar-refractivity contribution in [3.05, 3.63) is 0 Å². The van der Waals surface area contributed by atoms with E-state index in [4.69, 9.17) is 10.6 Å². The first-order valence-corrected chi connectivity index (χ1v) is 6.06. The van der Waals surface area contributed by atoms with Crippen molar-refractivity contribution >= 4 is 18.0 Å². The highest BCUT2D eigenvalue weighted by Gasteiger charge is 2.33. The van der Waals surface area contributed by atoms with Crippen molar-refractivity contribution in [2.24, 2.45) is 5.84 Å². The quantitative estimate of drug-likeness (QED) is 0.408. The number of hydroxylamine groups is 2. The largest absolute Gasteiger partial charge is 0.443 e. The molecule has 0 bridgehead atoms. The maximum Gasteiger partial charge on any atom is 0.425 e. The Balaban J connectivity index is 2.46. The minimum Gasteiger partial charge on any atom is -0.443 e. The highest BCUT2D eigenvalue weighted by atomic mass is 16.7. The molecule has 0 aliphatic carbocycles. The second kappa shape index (κ2) is 6.06. The third-order valence-corrected chi connectivity index (χ3v) is 2.26. The normalized spacial score (nSPS) is 18.9. The van der Waals surface area contributed by atoms with E-state index in [0.717, 1.165) is 0 Å². The van der Waals surface area contributed by atoms with Crippen LogP contribution >= 0.6 is 0 Å². The molecule has 1 atom stereocenters. The minimum atomic E-state index is -1.17. The maximum atomic E-state index is 11.5. The summed E-state index contributed by atoms with van der Waals surface area (Å²) < 4.78 is 4.94. The van der Waals surface area contributed by atoms with Crippen LogP contribution in [0.3, 0.4) is 0 Å². The molecule has 1 rings (SSSR count). The van der Waals surface area contributed by atoms with Gasteiger partial charge in [0.25, 0.3) is 5.91 Å². The fourth-order valence-electron chi connectivity index (χ4n) is 1.42. The van der Waals surface area contributed by atoms with Crippen LogP contribution in [0.5, 0.6) is 0 Å². The molecule has 3 N–H and O–H groups in total. The molecular formula is C11H19N3O6. The number of carbonyl (C=O) groups excluding carboxylic acids is 3. The lowest BCUT2D eigenvalue weighted by Crippen LogP contribution is -2.46. The highest BCUT2D eigenvalue weighted by molar-refractivity contribution is 5.81. The third-order valence-electron chi connectivity index (χ3n) is 2.26. The molecule has 0 aromatic heterocycles. The molecule has 20 heavy (non-hydrogen) atoms. The average Bonchev–Trinajstić information content (AvgIpc) is 2.58. The summed E-state index contributed by atoms with van der Waals surface area (Å²) in [5.74, 6) is 3.90. The molecule has 9 heteroatoms. The Morgan fingerprint density at radius 3 is 2.55 bits per heavy atom. The van der Waals surface area contributed by atoms with Crippen LogP contribution < -0.4 is 5.84 Å². The Morgan fingerprint density at radius 2 is 2.10 bits per heavy atom. The number of carbonyl (C=O) groups is 3. The van der Waals surface area contributed by atoms with Crippen molar-refractivity contribution in [3.63, 3.8) is 0 Å². The molecule has 0 saturated carbocycles. The van der Waals surface area contributed by atoms with Crippen molar-refractivity contribution in [3.8, 4) is 0 Å². The number of hydrazine groups is 1. The number of nitrogens with zero attached hydrogens (tertiary/aromatic N) is 2. The molecule has 1 aliphatic heterocycles. The molecule has 0 spiro atoms. The van der Waals surface area contributed by atoms with E-state index < -0.39 is 36.3 Å². The monoisotopic (exact) mass is 289 g/mol. The van der Waals surface area contributed by atoms with Crippen LogP contribution in [0.2, 0.25) is 0 Å². The first-order valence-electron chi connectivity index (χ1n) is 6.06. The topological polar surface area (TPSA) is 122 Å². The van der Waals surface area contributed by atoms with Gasteiger partial charge in [-0.15, -0.1) is 5.06 Å². The summed E-state index contributed by atoms with van der Waals surface area (Å²) in [5.41, 5.74) is -0.750. The van der Waals surface area contributed by atoms with Crippen molar-refractivity contribution in [2.45, 2.75) is 45.4 Å². The molecule has 1 unspecified atom stereocenters. The van der Waals surface area contributed by atoms with Crippen molar-refractivity contribution in [2.75, 3.05) is 6.54 Å². The van der Waals surface area contributed by atoms with Gasteiger partial charge in [-0.25, -0.2) is 20.4 Å². The summed E-state index contributed by atoms with van der Waals surface area (Å²) in [6, 6.07) is 0. The zero-order valence-corrected chi connectivity index (χ0v) is 11.7. The maximum absolute atomic E-state index is 11.5. The molecule has 0 aromatic rings. The van der Waals surface area contributed by atoms with E-state index in [2.05, 4.69) is 4.84 Å². The summed E-state index contributed by atoms with van der Waals surface area (Å²) >= 11 is 0. The Labute approximate surface area is 116 Å². The van der Waals surface area contributed by atoms with Crippen LogP contribution in [0.15, 0.2) is 0 Å². The van der Waals surface area contributed by atoms with Gasteiger partial charge >= 0.3 is 12.1 Å². The molecule has 9 nitrogen and oxygen atoms in total. The SMILES string of the molecule is CC(C)(C)OC(=O)N(N)CC(=O)ON1C(=O)CCC1O. The number of aliphatic hydroxyl groups is 1. The van der Waals surface area contributed by atoms with Gasteiger partial charge in [-0.3, -0.25) is 4.79 Å². The third kappa shape index (κ3) is 4.67. The number of nitrogens with two attached hydrogens (primary N) is 1. The summed E-state index contributed by atoms with van der Waals surface area (Å²) in [5, 5.41) is 10.5. The standard InChI is InChI=1S/C11H19N3O6/c1-11(2,3)19-10(18)13(12)6-9(17)20-14-7(15)4-5-8(14)16/h7,15H,4-6,12H2,1-3H3. The molecular weight excluding hydrogens is 270 g/mol. The lowest BCUT2D eigenvalue weighted by molar-refractivity contribution is -0.221. The smallest absolute Gasteiger partial charge is 0.425 e. The lowest BCUT2D eigenvalue weighted by atomic mass is 10.2. The average molecular weight is 289 g/mol. The Hall–Kier alpha value is -1.87. The van der Waals surface area contributed by atoms with E-state index in [1.54, 1.807) is 20.8 Å². The van der Waals surface area contributed by atoms with Crippen LogP contribution in [0, 0.1) is 0 Å². The van der Waals surface area contributed by atoms with Crippen molar-refractivity contribution in [1.82, 2.24) is 10.1 Å². The number of hydrogen-bond acceptors (Lipinski definition) is 7. The summed E-state index contributed by atoms with van der Waals surface area (Å²) in [7, 11) is 0. The Kier molecular flexibility index (Phi) is 4.90. The second-order valence-electron chi connectivity index (χ2n) is 5.31. The predicted molar refractivity (Wildman–Crippen MR) is 65.3 cm³/mol. The van der Waals surface area contributed by atoms with Crippen LogP contribution in [-0.2, 0) is 19.2 Å². The summed E-state index contributed by atoms with van der Waals surface area (Å²) in [4.78, 5) is 38.9. The molecule has 0 aromatic carbocycles. The van der Waals surface area contributed by atoms with Crippen LogP contribution in [0.1, 0.15) is 33.6 Å². The van der Waals surface area contributed by atoms with Gasteiger partial charge in [-0.2, -0.15) is 0 Å². The minimum absolute atomic E-state index is 0.0901. The van der Waals surface area contributed by atoms with E-state index in [-0.39, 0.29) is 12.8 Å². The molecule has 114 valence electrons. The Bertz CT molecular complexity index is 405. The summed E-state index contributed by atoms with van der Waals surface area (Å²) in [6.45, 7) is 4.34. The van der Waals surface area contributed by atoms with Gasteiger partial charge in [-0.05, 0) is 20.8 Å². The molecule has 0 radical (unpaired) electrons. The number of ether oxygens (including phenoxy) is 1. The van der Waals surface area contributed by atoms with Gasteiger partial charge in [0.05, 0.1) is 0 Å². The van der Waals surface area contributed by atoms with Gasteiger partial charge in [0, 0.05) is 12.8 Å². The van der Waals surface area contributed by atoms with Gasteiger partial charge in [0.2, 0.25) is 0 Å². The zero-order chi connectivity index (χ0) is 15.5. The van der Waals surface area contributed by atoms with Gasteiger partial charge in [-0.1, -0.05) is 0 Å². The number of amides is 2. The Morgan fingerprint density at radius 1 is 1.50 bits per heavy atom. The van der Waals surface area contributed by atoms with Crippen molar-refractivity contribution in [1.29, 1.82) is 0 Å².